The number of benzene rings is 3. The number of nitrogens with two attached hydrogens (primary N) is 2. The zero-order chi connectivity index (χ0) is 29.4. The van der Waals surface area contributed by atoms with Gasteiger partial charge in [-0.1, -0.05) is 35.9 Å². The minimum atomic E-state index is -0.683. The number of aromatic amines is 1. The molecule has 1 atom stereocenters. The highest BCUT2D eigenvalue weighted by Gasteiger charge is 2.19. The van der Waals surface area contributed by atoms with Gasteiger partial charge in [0.1, 0.15) is 12.2 Å². The highest BCUT2D eigenvalue weighted by Crippen LogP contribution is 2.25. The van der Waals surface area contributed by atoms with Crippen LogP contribution in [0.2, 0.25) is 5.02 Å². The fourth-order valence-electron chi connectivity index (χ4n) is 4.00. The molecule has 12 heteroatoms. The number of halogens is 2. The van der Waals surface area contributed by atoms with Gasteiger partial charge in [0.15, 0.2) is 0 Å². The average Bonchev–Trinajstić information content (AvgIpc) is 2.96. The Hall–Kier alpha value is -5.13. The van der Waals surface area contributed by atoms with Crippen LogP contribution in [0, 0.1) is 5.82 Å². The first kappa shape index (κ1) is 28.9. The molecule has 0 aliphatic carbocycles. The van der Waals surface area contributed by atoms with E-state index in [9.17, 15) is 14.0 Å². The maximum Gasteiger partial charge on any atom is 0.272 e. The zero-order valence-corrected chi connectivity index (χ0v) is 22.4. The molecule has 0 spiro atoms. The van der Waals surface area contributed by atoms with Crippen LogP contribution in [-0.4, -0.2) is 29.2 Å². The Kier molecular flexibility index (Phi) is 9.35. The highest BCUT2D eigenvalue weighted by molar-refractivity contribution is 6.30. The third-order valence-electron chi connectivity index (χ3n) is 6.01. The summed E-state index contributed by atoms with van der Waals surface area (Å²) in [6, 6.07) is 18.6. The number of aromatic nitrogens is 2. The number of anilines is 2. The third-order valence-corrected chi connectivity index (χ3v) is 6.25. The largest absolute Gasteiger partial charge is 0.399 e. The van der Waals surface area contributed by atoms with Crippen molar-refractivity contribution in [2.75, 3.05) is 10.7 Å². The number of carbonyl (C=O) groups excluding carboxylic acids is 1. The molecule has 0 fully saturated rings. The molecule has 10 nitrogen and oxygen atoms in total. The molecule has 41 heavy (non-hydrogen) atoms. The van der Waals surface area contributed by atoms with Gasteiger partial charge in [0, 0.05) is 29.1 Å². The van der Waals surface area contributed by atoms with Gasteiger partial charge >= 0.3 is 0 Å². The zero-order valence-electron chi connectivity index (χ0n) is 21.7. The number of nitrogens with zero attached hydrogens (tertiary/aromatic N) is 4. The van der Waals surface area contributed by atoms with E-state index in [-0.39, 0.29) is 12.2 Å². The lowest BCUT2D eigenvalue weighted by molar-refractivity contribution is -0.117. The van der Waals surface area contributed by atoms with Crippen LogP contribution in [-0.2, 0) is 11.2 Å². The molecule has 1 heterocycles. The molecular formula is C29H26ClFN8O2. The standard InChI is InChI=1S/C29H26ClFN8O2/c1-34-35-17-39(33)27-12-7-21(30)15-20(27)6-13-28(40)36-25(14-18-2-8-22(31)9-3-18)26-16-24(29(41)38-37-26)19-4-10-23(32)11-5-19/h2-13,15-17,25H,1,14,32-33H2,(H,36,40)(H,38,41)/b13-6+,35-17-/t25-/m0/s1. The number of carbonyl (C=O) groups is 1. The molecular weight excluding hydrogens is 547 g/mol. The van der Waals surface area contributed by atoms with Crippen LogP contribution in [0.5, 0.6) is 0 Å². The predicted octanol–water partition coefficient (Wildman–Crippen LogP) is 4.25. The second kappa shape index (κ2) is 13.3. The van der Waals surface area contributed by atoms with Crippen molar-refractivity contribution in [3.63, 3.8) is 0 Å². The van der Waals surface area contributed by atoms with Gasteiger partial charge < -0.3 is 11.1 Å². The number of rotatable bonds is 10. The maximum absolute atomic E-state index is 13.5. The summed E-state index contributed by atoms with van der Waals surface area (Å²) in [6.45, 7) is 3.27. The molecule has 208 valence electrons. The van der Waals surface area contributed by atoms with E-state index in [0.717, 1.165) is 5.56 Å². The second-order valence-corrected chi connectivity index (χ2v) is 9.30. The summed E-state index contributed by atoms with van der Waals surface area (Å²) in [4.78, 5) is 25.7. The highest BCUT2D eigenvalue weighted by atomic mass is 35.5. The molecule has 0 aliphatic heterocycles. The molecule has 0 bridgehead atoms. The Bertz CT molecular complexity index is 1650. The number of nitrogen functional groups attached to an aromatic ring is 1. The summed E-state index contributed by atoms with van der Waals surface area (Å²) < 4.78 is 13.5. The molecule has 4 aromatic rings. The van der Waals surface area contributed by atoms with Crippen molar-refractivity contribution in [2.24, 2.45) is 16.0 Å². The summed E-state index contributed by atoms with van der Waals surface area (Å²) in [7, 11) is 0. The van der Waals surface area contributed by atoms with Crippen molar-refractivity contribution < 1.29 is 9.18 Å². The molecule has 1 aromatic heterocycles. The van der Waals surface area contributed by atoms with Crippen LogP contribution < -0.4 is 27.5 Å². The first-order valence-electron chi connectivity index (χ1n) is 12.2. The van der Waals surface area contributed by atoms with E-state index in [2.05, 4.69) is 32.4 Å². The number of hydrogen-bond donors (Lipinski definition) is 4. The van der Waals surface area contributed by atoms with Crippen LogP contribution in [0.3, 0.4) is 0 Å². The van der Waals surface area contributed by atoms with Crippen LogP contribution in [0.25, 0.3) is 17.2 Å². The summed E-state index contributed by atoms with van der Waals surface area (Å²) in [6.07, 6.45) is 4.38. The van der Waals surface area contributed by atoms with Crippen molar-refractivity contribution in [3.8, 4) is 11.1 Å². The van der Waals surface area contributed by atoms with Gasteiger partial charge in [0.05, 0.1) is 23.0 Å². The van der Waals surface area contributed by atoms with Gasteiger partial charge in [-0.15, -0.1) is 5.10 Å². The van der Waals surface area contributed by atoms with Crippen molar-refractivity contribution in [1.82, 2.24) is 15.5 Å². The van der Waals surface area contributed by atoms with E-state index < -0.39 is 17.5 Å². The van der Waals surface area contributed by atoms with Gasteiger partial charge in [0.2, 0.25) is 5.91 Å². The first-order chi connectivity index (χ1) is 19.7. The number of hydrogen-bond acceptors (Lipinski definition) is 7. The number of H-pyrrole nitrogens is 1. The predicted molar refractivity (Wildman–Crippen MR) is 161 cm³/mol. The van der Waals surface area contributed by atoms with Gasteiger partial charge in [-0.3, -0.25) is 14.6 Å². The number of nitrogens with one attached hydrogen (secondary N) is 2. The Morgan fingerprint density at radius 3 is 2.59 bits per heavy atom. The Morgan fingerprint density at radius 1 is 1.15 bits per heavy atom. The summed E-state index contributed by atoms with van der Waals surface area (Å²) in [5.41, 5.74) is 9.10. The quantitative estimate of drug-likeness (QED) is 0.0556. The van der Waals surface area contributed by atoms with E-state index >= 15 is 0 Å². The van der Waals surface area contributed by atoms with Gasteiger partial charge in [0.25, 0.3) is 5.56 Å². The van der Waals surface area contributed by atoms with Crippen molar-refractivity contribution in [2.45, 2.75) is 12.5 Å². The van der Waals surface area contributed by atoms with Crippen molar-refractivity contribution in [1.29, 1.82) is 0 Å². The SMILES string of the molecule is C=N/N=C\N(N)c1ccc(Cl)cc1/C=C/C(=O)N[C@@H](Cc1ccc(F)cc1)c1cc(-c2ccc(N)cc2)c(=O)[nH]n1. The van der Waals surface area contributed by atoms with Crippen LogP contribution in [0.1, 0.15) is 22.9 Å². The van der Waals surface area contributed by atoms with Gasteiger partial charge in [-0.05, 0) is 72.2 Å². The monoisotopic (exact) mass is 572 g/mol. The molecule has 0 saturated heterocycles. The molecule has 0 saturated carbocycles. The number of hydrazine groups is 1. The minimum Gasteiger partial charge on any atom is -0.399 e. The molecule has 4 rings (SSSR count). The van der Waals surface area contributed by atoms with Gasteiger partial charge in [-0.25, -0.2) is 15.3 Å². The van der Waals surface area contributed by atoms with E-state index in [1.54, 1.807) is 66.7 Å². The molecule has 6 N–H and O–H groups in total. The molecule has 0 unspecified atom stereocenters. The Labute approximate surface area is 239 Å². The summed E-state index contributed by atoms with van der Waals surface area (Å²) >= 11 is 6.17. The number of amides is 1. The molecule has 3 aromatic carbocycles. The van der Waals surface area contributed by atoms with E-state index in [1.807, 2.05) is 0 Å². The maximum atomic E-state index is 13.5. The van der Waals surface area contributed by atoms with E-state index in [1.165, 1.54) is 29.6 Å². The Morgan fingerprint density at radius 2 is 1.88 bits per heavy atom. The van der Waals surface area contributed by atoms with Crippen molar-refractivity contribution >= 4 is 48.0 Å². The fourth-order valence-corrected chi connectivity index (χ4v) is 4.18. The first-order valence-corrected chi connectivity index (χ1v) is 12.6. The fraction of sp³-hybridized carbons (Fsp3) is 0.0690. The van der Waals surface area contributed by atoms with Crippen LogP contribution in [0.4, 0.5) is 15.8 Å². The van der Waals surface area contributed by atoms with Crippen LogP contribution in [0.15, 0.2) is 93.9 Å². The van der Waals surface area contributed by atoms with Crippen molar-refractivity contribution in [3.05, 3.63) is 117 Å². The Balaban J connectivity index is 1.65. The molecule has 1 amide bonds. The summed E-state index contributed by atoms with van der Waals surface area (Å²) in [5, 5.41) is 18.3. The van der Waals surface area contributed by atoms with Crippen LogP contribution >= 0.6 is 11.6 Å². The van der Waals surface area contributed by atoms with E-state index in [4.69, 9.17) is 23.2 Å². The summed E-state index contributed by atoms with van der Waals surface area (Å²) in [5.74, 6) is 5.18. The molecule has 0 aliphatic rings. The second-order valence-electron chi connectivity index (χ2n) is 8.87. The lowest BCUT2D eigenvalue weighted by atomic mass is 10.00. The van der Waals surface area contributed by atoms with E-state index in [0.29, 0.717) is 38.8 Å². The molecule has 0 radical (unpaired) electrons. The third kappa shape index (κ3) is 7.72. The lowest BCUT2D eigenvalue weighted by Crippen LogP contribution is -2.30. The topological polar surface area (TPSA) is 155 Å². The lowest BCUT2D eigenvalue weighted by Gasteiger charge is -2.18. The van der Waals surface area contributed by atoms with Gasteiger partial charge in [-0.2, -0.15) is 10.2 Å². The normalized spacial score (nSPS) is 12.0. The average molecular weight is 573 g/mol. The smallest absolute Gasteiger partial charge is 0.272 e. The minimum absolute atomic E-state index is 0.268.